The van der Waals surface area contributed by atoms with Crippen molar-refractivity contribution in [2.75, 3.05) is 6.54 Å². The molecule has 1 saturated heterocycles. The molecule has 0 bridgehead atoms. The van der Waals surface area contributed by atoms with Crippen molar-refractivity contribution in [3.05, 3.63) is 52.2 Å². The van der Waals surface area contributed by atoms with Gasteiger partial charge in [-0.1, -0.05) is 17.7 Å². The fraction of sp³-hybridized carbons (Fsp3) is 0.333. The number of hydrogen-bond acceptors (Lipinski definition) is 3. The summed E-state index contributed by atoms with van der Waals surface area (Å²) in [6, 6.07) is 9.12. The minimum Gasteiger partial charge on any atom is -0.207 e. The van der Waals surface area contributed by atoms with Crippen LogP contribution in [0, 0.1) is 6.92 Å². The highest BCUT2D eigenvalue weighted by molar-refractivity contribution is 7.89. The molecule has 0 spiro atoms. The second-order valence-electron chi connectivity index (χ2n) is 5.14. The van der Waals surface area contributed by atoms with E-state index in [0.29, 0.717) is 11.4 Å². The summed E-state index contributed by atoms with van der Waals surface area (Å²) < 4.78 is 27.2. The Balaban J connectivity index is 1.96. The normalized spacial score (nSPS) is 20.4. The summed E-state index contributed by atoms with van der Waals surface area (Å²) >= 11 is 1.62. The van der Waals surface area contributed by atoms with Gasteiger partial charge in [-0.25, -0.2) is 8.42 Å². The Morgan fingerprint density at radius 1 is 1.20 bits per heavy atom. The van der Waals surface area contributed by atoms with E-state index in [0.717, 1.165) is 24.0 Å². The molecule has 0 saturated carbocycles. The molecule has 0 amide bonds. The minimum absolute atomic E-state index is 0.00690. The smallest absolute Gasteiger partial charge is 0.207 e. The first-order chi connectivity index (χ1) is 9.59. The number of sulfonamides is 1. The maximum atomic E-state index is 12.8. The Bertz CT molecular complexity index is 675. The van der Waals surface area contributed by atoms with Gasteiger partial charge in [0.1, 0.15) is 0 Å². The standard InChI is InChI=1S/C15H17NO2S2/c1-12-4-6-14(7-5-12)20(17,18)16-9-2-3-15(16)13-8-10-19-11-13/h4-8,10-11,15H,2-3,9H2,1H3. The quantitative estimate of drug-likeness (QED) is 0.869. The van der Waals surface area contributed by atoms with E-state index in [-0.39, 0.29) is 6.04 Å². The molecule has 3 nitrogen and oxygen atoms in total. The molecule has 0 N–H and O–H groups in total. The van der Waals surface area contributed by atoms with Gasteiger partial charge >= 0.3 is 0 Å². The number of nitrogens with zero attached hydrogens (tertiary/aromatic N) is 1. The molecule has 1 aromatic carbocycles. The lowest BCUT2D eigenvalue weighted by molar-refractivity contribution is 0.397. The zero-order chi connectivity index (χ0) is 14.2. The van der Waals surface area contributed by atoms with Gasteiger partial charge in [0.25, 0.3) is 0 Å². The summed E-state index contributed by atoms with van der Waals surface area (Å²) in [6.07, 6.45) is 1.83. The van der Waals surface area contributed by atoms with E-state index < -0.39 is 10.0 Å². The lowest BCUT2D eigenvalue weighted by Crippen LogP contribution is -2.30. The molecule has 5 heteroatoms. The lowest BCUT2D eigenvalue weighted by atomic mass is 10.1. The monoisotopic (exact) mass is 307 g/mol. The van der Waals surface area contributed by atoms with Crippen LogP contribution < -0.4 is 0 Å². The van der Waals surface area contributed by atoms with Gasteiger partial charge in [-0.15, -0.1) is 0 Å². The van der Waals surface area contributed by atoms with Gasteiger partial charge in [-0.05, 0) is 54.3 Å². The van der Waals surface area contributed by atoms with E-state index in [1.165, 1.54) is 0 Å². The average molecular weight is 307 g/mol. The topological polar surface area (TPSA) is 37.4 Å². The maximum Gasteiger partial charge on any atom is 0.243 e. The first-order valence-corrected chi connectivity index (χ1v) is 9.08. The number of benzene rings is 1. The summed E-state index contributed by atoms with van der Waals surface area (Å²) in [5.41, 5.74) is 2.18. The van der Waals surface area contributed by atoms with Gasteiger partial charge in [-0.2, -0.15) is 15.6 Å². The van der Waals surface area contributed by atoms with Crippen molar-refractivity contribution in [1.29, 1.82) is 0 Å². The van der Waals surface area contributed by atoms with Crippen LogP contribution in [0.15, 0.2) is 46.0 Å². The van der Waals surface area contributed by atoms with Crippen molar-refractivity contribution >= 4 is 21.4 Å². The summed E-state index contributed by atoms with van der Waals surface area (Å²) in [5, 5.41) is 4.05. The second-order valence-corrected chi connectivity index (χ2v) is 7.81. The zero-order valence-corrected chi connectivity index (χ0v) is 13.0. The molecule has 1 unspecified atom stereocenters. The largest absolute Gasteiger partial charge is 0.243 e. The van der Waals surface area contributed by atoms with E-state index in [4.69, 9.17) is 0 Å². The van der Waals surface area contributed by atoms with Gasteiger partial charge in [0.05, 0.1) is 10.9 Å². The first kappa shape index (κ1) is 13.8. The summed E-state index contributed by atoms with van der Waals surface area (Å²) in [7, 11) is -3.39. The highest BCUT2D eigenvalue weighted by Crippen LogP contribution is 2.37. The third kappa shape index (κ3) is 2.41. The van der Waals surface area contributed by atoms with Crippen LogP contribution in [0.4, 0.5) is 0 Å². The molecule has 1 aromatic heterocycles. The second kappa shape index (κ2) is 5.31. The Morgan fingerprint density at radius 3 is 2.60 bits per heavy atom. The molecule has 106 valence electrons. The highest BCUT2D eigenvalue weighted by Gasteiger charge is 2.36. The van der Waals surface area contributed by atoms with Crippen LogP contribution in [0.5, 0.6) is 0 Å². The molecule has 3 rings (SSSR count). The predicted molar refractivity (Wildman–Crippen MR) is 81.4 cm³/mol. The Kier molecular flexibility index (Phi) is 3.67. The summed E-state index contributed by atoms with van der Waals surface area (Å²) in [5.74, 6) is 0. The van der Waals surface area contributed by atoms with Gasteiger partial charge < -0.3 is 0 Å². The molecular formula is C15H17NO2S2. The van der Waals surface area contributed by atoms with E-state index in [1.807, 2.05) is 35.9 Å². The molecule has 1 aliphatic heterocycles. The minimum atomic E-state index is -3.39. The molecule has 1 atom stereocenters. The van der Waals surface area contributed by atoms with Gasteiger partial charge in [0, 0.05) is 6.54 Å². The summed E-state index contributed by atoms with van der Waals surface area (Å²) in [4.78, 5) is 0.394. The fourth-order valence-electron chi connectivity index (χ4n) is 2.67. The van der Waals surface area contributed by atoms with Crippen molar-refractivity contribution in [3.63, 3.8) is 0 Å². The van der Waals surface area contributed by atoms with Gasteiger partial charge in [-0.3, -0.25) is 0 Å². The maximum absolute atomic E-state index is 12.8. The zero-order valence-electron chi connectivity index (χ0n) is 11.3. The van der Waals surface area contributed by atoms with E-state index in [2.05, 4.69) is 0 Å². The summed E-state index contributed by atoms with van der Waals surface area (Å²) in [6.45, 7) is 2.57. The van der Waals surface area contributed by atoms with Crippen LogP contribution in [-0.4, -0.2) is 19.3 Å². The van der Waals surface area contributed by atoms with Crippen molar-refractivity contribution in [1.82, 2.24) is 4.31 Å². The molecule has 1 aliphatic rings. The Morgan fingerprint density at radius 2 is 1.95 bits per heavy atom. The third-order valence-corrected chi connectivity index (χ3v) is 6.38. The molecule has 2 aromatic rings. The van der Waals surface area contributed by atoms with Crippen molar-refractivity contribution < 1.29 is 8.42 Å². The molecule has 2 heterocycles. The molecule has 0 radical (unpaired) electrons. The van der Waals surface area contributed by atoms with Crippen molar-refractivity contribution in [2.45, 2.75) is 30.7 Å². The van der Waals surface area contributed by atoms with Crippen molar-refractivity contribution in [2.24, 2.45) is 0 Å². The molecular weight excluding hydrogens is 290 g/mol. The van der Waals surface area contributed by atoms with Crippen LogP contribution in [0.1, 0.15) is 30.0 Å². The Hall–Kier alpha value is -1.17. The average Bonchev–Trinajstić information content (AvgIpc) is 3.10. The number of hydrogen-bond donors (Lipinski definition) is 0. The van der Waals surface area contributed by atoms with Gasteiger partial charge in [0.15, 0.2) is 0 Å². The fourth-order valence-corrected chi connectivity index (χ4v) is 5.06. The molecule has 0 aliphatic carbocycles. The van der Waals surface area contributed by atoms with Crippen molar-refractivity contribution in [3.8, 4) is 0 Å². The first-order valence-electron chi connectivity index (χ1n) is 6.69. The number of rotatable bonds is 3. The van der Waals surface area contributed by atoms with E-state index in [9.17, 15) is 8.42 Å². The lowest BCUT2D eigenvalue weighted by Gasteiger charge is -2.23. The van der Waals surface area contributed by atoms with Gasteiger partial charge in [0.2, 0.25) is 10.0 Å². The van der Waals surface area contributed by atoms with Crippen LogP contribution in [0.3, 0.4) is 0 Å². The molecule has 20 heavy (non-hydrogen) atoms. The third-order valence-electron chi connectivity index (χ3n) is 3.76. The van der Waals surface area contributed by atoms with E-state index >= 15 is 0 Å². The van der Waals surface area contributed by atoms with Crippen LogP contribution in [-0.2, 0) is 10.0 Å². The van der Waals surface area contributed by atoms with Crippen LogP contribution in [0.2, 0.25) is 0 Å². The number of thiophene rings is 1. The Labute approximate surface area is 123 Å². The number of aryl methyl sites for hydroxylation is 1. The van der Waals surface area contributed by atoms with Crippen LogP contribution >= 0.6 is 11.3 Å². The molecule has 1 fully saturated rings. The highest BCUT2D eigenvalue weighted by atomic mass is 32.2. The van der Waals surface area contributed by atoms with Crippen LogP contribution in [0.25, 0.3) is 0 Å². The predicted octanol–water partition coefficient (Wildman–Crippen LogP) is 3.58. The SMILES string of the molecule is Cc1ccc(S(=O)(=O)N2CCCC2c2ccsc2)cc1. The van der Waals surface area contributed by atoms with E-state index in [1.54, 1.807) is 27.8 Å².